The molecule has 2 aromatic rings. The van der Waals surface area contributed by atoms with Crippen LogP contribution in [0.1, 0.15) is 51.0 Å². The van der Waals surface area contributed by atoms with Crippen molar-refractivity contribution in [2.24, 2.45) is 5.92 Å². The van der Waals surface area contributed by atoms with Crippen LogP contribution in [0.2, 0.25) is 5.02 Å². The Kier molecular flexibility index (Phi) is 7.97. The summed E-state index contributed by atoms with van der Waals surface area (Å²) >= 11 is 5.91. The van der Waals surface area contributed by atoms with Gasteiger partial charge in [-0.1, -0.05) is 29.8 Å². The Morgan fingerprint density at radius 2 is 1.73 bits per heavy atom. The summed E-state index contributed by atoms with van der Waals surface area (Å²) in [6.45, 7) is 2.86. The molecule has 0 aliphatic heterocycles. The number of rotatable bonds is 8. The quantitative estimate of drug-likeness (QED) is 0.520. The monoisotopic (exact) mass is 472 g/mol. The van der Waals surface area contributed by atoms with Gasteiger partial charge in [-0.15, -0.1) is 0 Å². The Labute approximate surface area is 198 Å². The number of aliphatic carboxylic acids is 1. The zero-order valence-corrected chi connectivity index (χ0v) is 19.5. The molecule has 1 saturated carbocycles. The maximum absolute atomic E-state index is 12.4. The number of hydrogen-bond acceptors (Lipinski definition) is 4. The number of carbonyl (C=O) groups is 3. The fourth-order valence-corrected chi connectivity index (χ4v) is 4.07. The van der Waals surface area contributed by atoms with E-state index in [0.29, 0.717) is 35.2 Å². The summed E-state index contributed by atoms with van der Waals surface area (Å²) in [6, 6.07) is 14.6. The zero-order chi connectivity index (χ0) is 24.0. The minimum absolute atomic E-state index is 0.118. The van der Waals surface area contributed by atoms with Gasteiger partial charge < -0.3 is 20.5 Å². The van der Waals surface area contributed by atoms with Crippen molar-refractivity contribution in [3.05, 3.63) is 59.1 Å². The van der Waals surface area contributed by atoms with Crippen LogP contribution < -0.4 is 15.4 Å². The maximum Gasteiger partial charge on any atom is 0.328 e. The molecule has 3 N–H and O–H groups in total. The number of carboxylic acids is 1. The number of ether oxygens (including phenoxy) is 1. The first kappa shape index (κ1) is 24.6. The van der Waals surface area contributed by atoms with Crippen molar-refractivity contribution in [3.63, 3.8) is 0 Å². The van der Waals surface area contributed by atoms with Gasteiger partial charge in [-0.25, -0.2) is 4.79 Å². The smallest absolute Gasteiger partial charge is 0.328 e. The van der Waals surface area contributed by atoms with Crippen LogP contribution >= 0.6 is 11.6 Å². The van der Waals surface area contributed by atoms with E-state index in [1.807, 2.05) is 24.3 Å². The van der Waals surface area contributed by atoms with Gasteiger partial charge in [-0.2, -0.15) is 0 Å². The maximum atomic E-state index is 12.4. The summed E-state index contributed by atoms with van der Waals surface area (Å²) in [4.78, 5) is 35.8. The first-order valence-electron chi connectivity index (χ1n) is 11.0. The molecule has 0 spiro atoms. The van der Waals surface area contributed by atoms with Crippen molar-refractivity contribution in [1.29, 1.82) is 0 Å². The van der Waals surface area contributed by atoms with E-state index in [-0.39, 0.29) is 24.3 Å². The lowest BCUT2D eigenvalue weighted by atomic mass is 9.78. The van der Waals surface area contributed by atoms with Crippen molar-refractivity contribution >= 4 is 35.1 Å². The average Bonchev–Trinajstić information content (AvgIpc) is 2.78. The number of hydrogen-bond donors (Lipinski definition) is 3. The first-order chi connectivity index (χ1) is 15.6. The molecule has 8 heteroatoms. The van der Waals surface area contributed by atoms with Crippen molar-refractivity contribution in [3.8, 4) is 5.75 Å². The summed E-state index contributed by atoms with van der Waals surface area (Å²) < 4.78 is 5.45. The molecule has 33 heavy (non-hydrogen) atoms. The molecule has 0 heterocycles. The summed E-state index contributed by atoms with van der Waals surface area (Å²) in [5, 5.41) is 15.2. The molecule has 176 valence electrons. The fourth-order valence-electron chi connectivity index (χ4n) is 3.89. The van der Waals surface area contributed by atoms with E-state index in [9.17, 15) is 19.5 Å². The Bertz CT molecular complexity index is 998. The second-order valence-corrected chi connectivity index (χ2v) is 9.32. The molecule has 2 amide bonds. The van der Waals surface area contributed by atoms with Crippen LogP contribution in [0.5, 0.6) is 5.75 Å². The fraction of sp³-hybridized carbons (Fsp3) is 0.400. The van der Waals surface area contributed by atoms with Gasteiger partial charge in [0, 0.05) is 16.6 Å². The number of carboxylic acid groups (broad SMARTS) is 1. The van der Waals surface area contributed by atoms with Crippen LogP contribution in [0.15, 0.2) is 48.5 Å². The molecule has 0 atom stereocenters. The third-order valence-corrected chi connectivity index (χ3v) is 6.14. The van der Waals surface area contributed by atoms with Crippen LogP contribution in [-0.2, 0) is 14.4 Å². The van der Waals surface area contributed by atoms with E-state index in [4.69, 9.17) is 16.3 Å². The molecular formula is C25H29ClN2O5. The number of halogens is 1. The Morgan fingerprint density at radius 1 is 1.06 bits per heavy atom. The van der Waals surface area contributed by atoms with Crippen molar-refractivity contribution in [2.75, 3.05) is 11.9 Å². The largest absolute Gasteiger partial charge is 0.484 e. The molecule has 0 unspecified atom stereocenters. The van der Waals surface area contributed by atoms with Crippen LogP contribution in [0.25, 0.3) is 0 Å². The highest BCUT2D eigenvalue weighted by atomic mass is 35.5. The third kappa shape index (κ3) is 6.96. The van der Waals surface area contributed by atoms with E-state index in [2.05, 4.69) is 10.6 Å². The van der Waals surface area contributed by atoms with Crippen molar-refractivity contribution in [1.82, 2.24) is 5.32 Å². The molecule has 7 nitrogen and oxygen atoms in total. The average molecular weight is 473 g/mol. The summed E-state index contributed by atoms with van der Waals surface area (Å²) in [5.74, 6) is -0.815. The standard InChI is InChI=1S/C25H29ClN2O5/c1-25(2,24(31)32)28-23(30)18-8-6-16(7-9-18)17-10-12-20(13-11-17)27-22(29)15-33-21-5-3-4-19(26)14-21/h3-5,10-14,16,18H,6-9,15H2,1-2H3,(H,27,29)(H,28,30)(H,31,32)/t16-,18+. The third-order valence-electron chi connectivity index (χ3n) is 5.90. The number of benzene rings is 2. The van der Waals surface area contributed by atoms with Crippen LogP contribution in [0, 0.1) is 5.92 Å². The lowest BCUT2D eigenvalue weighted by Crippen LogP contribution is -2.51. The number of amides is 2. The van der Waals surface area contributed by atoms with E-state index in [1.165, 1.54) is 13.8 Å². The van der Waals surface area contributed by atoms with Gasteiger partial charge in [-0.3, -0.25) is 9.59 Å². The highest BCUT2D eigenvalue weighted by Gasteiger charge is 2.33. The van der Waals surface area contributed by atoms with Gasteiger partial charge in [0.05, 0.1) is 0 Å². The number of nitrogens with one attached hydrogen (secondary N) is 2. The first-order valence-corrected chi connectivity index (χ1v) is 11.4. The zero-order valence-electron chi connectivity index (χ0n) is 18.8. The van der Waals surface area contributed by atoms with Gasteiger partial charge in [0.25, 0.3) is 5.91 Å². The predicted molar refractivity (Wildman–Crippen MR) is 127 cm³/mol. The van der Waals surface area contributed by atoms with Gasteiger partial charge in [-0.05, 0) is 81.3 Å². The summed E-state index contributed by atoms with van der Waals surface area (Å²) in [7, 11) is 0. The highest BCUT2D eigenvalue weighted by Crippen LogP contribution is 2.36. The molecule has 2 aromatic carbocycles. The Morgan fingerprint density at radius 3 is 2.33 bits per heavy atom. The summed E-state index contributed by atoms with van der Waals surface area (Å²) in [6.07, 6.45) is 3.13. The summed E-state index contributed by atoms with van der Waals surface area (Å²) in [5.41, 5.74) is 0.572. The van der Waals surface area contributed by atoms with Gasteiger partial charge in [0.1, 0.15) is 11.3 Å². The number of anilines is 1. The minimum atomic E-state index is -1.27. The molecule has 1 aliphatic rings. The highest BCUT2D eigenvalue weighted by molar-refractivity contribution is 6.30. The second kappa shape index (κ2) is 10.7. The predicted octanol–water partition coefficient (Wildman–Crippen LogP) is 4.61. The normalized spacial score (nSPS) is 18.3. The molecule has 3 rings (SSSR count). The number of carbonyl (C=O) groups excluding carboxylic acids is 2. The van der Waals surface area contributed by atoms with Crippen molar-refractivity contribution in [2.45, 2.75) is 51.0 Å². The van der Waals surface area contributed by atoms with E-state index < -0.39 is 11.5 Å². The van der Waals surface area contributed by atoms with Gasteiger partial charge >= 0.3 is 5.97 Å². The molecule has 0 saturated heterocycles. The van der Waals surface area contributed by atoms with E-state index >= 15 is 0 Å². The van der Waals surface area contributed by atoms with E-state index in [0.717, 1.165) is 18.4 Å². The second-order valence-electron chi connectivity index (χ2n) is 8.88. The van der Waals surface area contributed by atoms with Gasteiger partial charge in [0.2, 0.25) is 5.91 Å². The molecule has 0 bridgehead atoms. The molecule has 1 aliphatic carbocycles. The lowest BCUT2D eigenvalue weighted by molar-refractivity contribution is -0.146. The molecular weight excluding hydrogens is 444 g/mol. The van der Waals surface area contributed by atoms with Crippen molar-refractivity contribution < 1.29 is 24.2 Å². The molecule has 0 radical (unpaired) electrons. The van der Waals surface area contributed by atoms with E-state index in [1.54, 1.807) is 24.3 Å². The minimum Gasteiger partial charge on any atom is -0.484 e. The SMILES string of the molecule is CC(C)(NC(=O)[C@H]1CC[C@@H](c2ccc(NC(=O)COc3cccc(Cl)c3)cc2)CC1)C(=O)O. The van der Waals surface area contributed by atoms with Crippen LogP contribution in [0.4, 0.5) is 5.69 Å². The topological polar surface area (TPSA) is 105 Å². The molecule has 0 aromatic heterocycles. The Hall–Kier alpha value is -3.06. The molecule has 1 fully saturated rings. The van der Waals surface area contributed by atoms with Crippen LogP contribution in [-0.4, -0.2) is 35.0 Å². The lowest BCUT2D eigenvalue weighted by Gasteiger charge is -2.30. The Balaban J connectivity index is 1.46. The van der Waals surface area contributed by atoms with Gasteiger partial charge in [0.15, 0.2) is 6.61 Å². The van der Waals surface area contributed by atoms with Crippen LogP contribution in [0.3, 0.4) is 0 Å².